The molecule has 1 aliphatic heterocycles. The van der Waals surface area contributed by atoms with Crippen LogP contribution in [0.5, 0.6) is 0 Å². The van der Waals surface area contributed by atoms with Crippen LogP contribution in [0.25, 0.3) is 17.0 Å². The molecule has 0 unspecified atom stereocenters. The van der Waals surface area contributed by atoms with Gasteiger partial charge < -0.3 is 14.0 Å². The first kappa shape index (κ1) is 18.9. The zero-order chi connectivity index (χ0) is 20.7. The lowest BCUT2D eigenvalue weighted by Crippen LogP contribution is -2.44. The van der Waals surface area contributed by atoms with E-state index in [1.807, 2.05) is 54.7 Å². The Balaban J connectivity index is 1.53. The van der Waals surface area contributed by atoms with E-state index in [0.29, 0.717) is 24.4 Å². The van der Waals surface area contributed by atoms with Crippen LogP contribution >= 0.6 is 11.6 Å². The third kappa shape index (κ3) is 3.29. The monoisotopic (exact) mass is 421 g/mol. The normalized spacial score (nSPS) is 18.0. The van der Waals surface area contributed by atoms with Gasteiger partial charge >= 0.3 is 11.9 Å². The Hall–Kier alpha value is -3.05. The van der Waals surface area contributed by atoms with Gasteiger partial charge in [0.1, 0.15) is 5.57 Å². The van der Waals surface area contributed by atoms with Crippen LogP contribution in [0.3, 0.4) is 0 Å². The standard InChI is InChI=1S/C24H20ClNO4/c25-20-9-3-1-7-16(20)14-26-15-17(18-8-2-4-10-21(18)26)13-19-22(27)29-24(30-23(19)28)11-5-6-12-24/h1-4,7-10,13,15H,5-6,11-12,14H2. The summed E-state index contributed by atoms with van der Waals surface area (Å²) in [5.41, 5.74) is 2.64. The molecular weight excluding hydrogens is 402 g/mol. The maximum absolute atomic E-state index is 12.6. The van der Waals surface area contributed by atoms with Crippen molar-refractivity contribution in [1.82, 2.24) is 4.57 Å². The van der Waals surface area contributed by atoms with E-state index in [-0.39, 0.29) is 5.57 Å². The second-order valence-corrected chi connectivity index (χ2v) is 8.18. The minimum absolute atomic E-state index is 0.0758. The third-order valence-corrected chi connectivity index (χ3v) is 6.15. The number of aromatic nitrogens is 1. The molecule has 3 aromatic rings. The van der Waals surface area contributed by atoms with Gasteiger partial charge in [0.15, 0.2) is 0 Å². The molecule has 0 amide bonds. The van der Waals surface area contributed by atoms with Gasteiger partial charge in [-0.15, -0.1) is 0 Å². The van der Waals surface area contributed by atoms with Crippen LogP contribution < -0.4 is 0 Å². The van der Waals surface area contributed by atoms with Crippen molar-refractivity contribution in [1.29, 1.82) is 0 Å². The highest BCUT2D eigenvalue weighted by molar-refractivity contribution is 6.31. The zero-order valence-corrected chi connectivity index (χ0v) is 17.0. The number of esters is 2. The number of carbonyl (C=O) groups excluding carboxylic acids is 2. The van der Waals surface area contributed by atoms with Gasteiger partial charge in [0.2, 0.25) is 0 Å². The van der Waals surface area contributed by atoms with Crippen molar-refractivity contribution in [2.45, 2.75) is 38.0 Å². The van der Waals surface area contributed by atoms with Gasteiger partial charge in [-0.3, -0.25) is 0 Å². The number of halogens is 1. The topological polar surface area (TPSA) is 57.5 Å². The van der Waals surface area contributed by atoms with Gasteiger partial charge in [-0.05, 0) is 36.6 Å². The molecule has 0 atom stereocenters. The lowest BCUT2D eigenvalue weighted by atomic mass is 10.1. The molecule has 6 heteroatoms. The maximum Gasteiger partial charge on any atom is 0.348 e. The molecule has 2 aromatic carbocycles. The molecule has 152 valence electrons. The van der Waals surface area contributed by atoms with Gasteiger partial charge in [-0.2, -0.15) is 0 Å². The molecule has 1 aliphatic carbocycles. The SMILES string of the molecule is O=C1OC2(CCCC2)OC(=O)C1=Cc1cn(Cc2ccccc2Cl)c2ccccc12. The first-order chi connectivity index (χ1) is 14.5. The molecule has 0 bridgehead atoms. The van der Waals surface area contributed by atoms with Crippen LogP contribution in [0.15, 0.2) is 60.3 Å². The summed E-state index contributed by atoms with van der Waals surface area (Å²) in [7, 11) is 0. The number of rotatable bonds is 3. The van der Waals surface area contributed by atoms with E-state index in [0.717, 1.165) is 34.9 Å². The van der Waals surface area contributed by atoms with Gasteiger partial charge in [0.05, 0.1) is 0 Å². The summed E-state index contributed by atoms with van der Waals surface area (Å²) < 4.78 is 13.1. The first-order valence-corrected chi connectivity index (χ1v) is 10.4. The molecule has 5 nitrogen and oxygen atoms in total. The summed E-state index contributed by atoms with van der Waals surface area (Å²) in [6, 6.07) is 15.5. The van der Waals surface area contributed by atoms with Crippen LogP contribution in [0.2, 0.25) is 5.02 Å². The van der Waals surface area contributed by atoms with Crippen LogP contribution in [0, 0.1) is 0 Å². The average Bonchev–Trinajstić information content (AvgIpc) is 3.32. The molecule has 1 aromatic heterocycles. The highest BCUT2D eigenvalue weighted by Crippen LogP contribution is 2.39. The Morgan fingerprint density at radius 1 is 0.967 bits per heavy atom. The van der Waals surface area contributed by atoms with Gasteiger partial charge in [0, 0.05) is 47.1 Å². The molecule has 0 N–H and O–H groups in total. The lowest BCUT2D eigenvalue weighted by Gasteiger charge is -2.32. The van der Waals surface area contributed by atoms with Crippen molar-refractivity contribution in [3.8, 4) is 0 Å². The fraction of sp³-hybridized carbons (Fsp3) is 0.250. The number of carbonyl (C=O) groups is 2. The molecule has 0 radical (unpaired) electrons. The lowest BCUT2D eigenvalue weighted by molar-refractivity contribution is -0.232. The zero-order valence-electron chi connectivity index (χ0n) is 16.3. The van der Waals surface area contributed by atoms with E-state index in [1.54, 1.807) is 6.08 Å². The minimum atomic E-state index is -1.07. The van der Waals surface area contributed by atoms with Crippen LogP contribution in [-0.2, 0) is 25.6 Å². The largest absolute Gasteiger partial charge is 0.419 e. The van der Waals surface area contributed by atoms with Crippen molar-refractivity contribution in [2.24, 2.45) is 0 Å². The van der Waals surface area contributed by atoms with Crippen LogP contribution in [0.1, 0.15) is 36.8 Å². The van der Waals surface area contributed by atoms with Crippen molar-refractivity contribution >= 4 is 40.5 Å². The molecule has 30 heavy (non-hydrogen) atoms. The molecule has 1 saturated carbocycles. The Morgan fingerprint density at radius 3 is 2.37 bits per heavy atom. The smallest absolute Gasteiger partial charge is 0.348 e. The summed E-state index contributed by atoms with van der Waals surface area (Å²) in [4.78, 5) is 25.3. The maximum atomic E-state index is 12.6. The van der Waals surface area contributed by atoms with Gasteiger partial charge in [0.25, 0.3) is 5.79 Å². The van der Waals surface area contributed by atoms with Gasteiger partial charge in [-0.25, -0.2) is 9.59 Å². The van der Waals surface area contributed by atoms with E-state index in [4.69, 9.17) is 21.1 Å². The molecular formula is C24H20ClNO4. The number of hydrogen-bond acceptors (Lipinski definition) is 4. The highest BCUT2D eigenvalue weighted by Gasteiger charge is 2.47. The predicted molar refractivity (Wildman–Crippen MR) is 114 cm³/mol. The molecule has 2 fully saturated rings. The minimum Gasteiger partial charge on any atom is -0.419 e. The predicted octanol–water partition coefficient (Wildman–Crippen LogP) is 5.10. The Labute approximate surface area is 178 Å². The number of nitrogens with zero attached hydrogens (tertiary/aromatic N) is 1. The second-order valence-electron chi connectivity index (χ2n) is 7.78. The van der Waals surface area contributed by atoms with E-state index >= 15 is 0 Å². The number of para-hydroxylation sites is 1. The molecule has 5 rings (SSSR count). The number of ether oxygens (including phenoxy) is 2. The number of benzene rings is 2. The van der Waals surface area contributed by atoms with Crippen molar-refractivity contribution in [2.75, 3.05) is 0 Å². The summed E-state index contributed by atoms with van der Waals surface area (Å²) in [6.45, 7) is 0.571. The molecule has 1 saturated heterocycles. The quantitative estimate of drug-likeness (QED) is 0.335. The molecule has 1 spiro atoms. The third-order valence-electron chi connectivity index (χ3n) is 5.78. The van der Waals surface area contributed by atoms with E-state index in [2.05, 4.69) is 4.57 Å². The summed E-state index contributed by atoms with van der Waals surface area (Å²) in [5, 5.41) is 1.62. The Kier molecular flexibility index (Phi) is 4.63. The summed E-state index contributed by atoms with van der Waals surface area (Å²) in [6.07, 6.45) is 6.38. The first-order valence-electron chi connectivity index (χ1n) is 10.0. The van der Waals surface area contributed by atoms with E-state index in [1.165, 1.54) is 0 Å². The van der Waals surface area contributed by atoms with Gasteiger partial charge in [-0.1, -0.05) is 48.0 Å². The fourth-order valence-electron chi connectivity index (χ4n) is 4.27. The Morgan fingerprint density at radius 2 is 1.63 bits per heavy atom. The van der Waals surface area contributed by atoms with E-state index in [9.17, 15) is 9.59 Å². The second kappa shape index (κ2) is 7.33. The van der Waals surface area contributed by atoms with Crippen molar-refractivity contribution in [3.05, 3.63) is 76.5 Å². The van der Waals surface area contributed by atoms with Crippen LogP contribution in [-0.4, -0.2) is 22.3 Å². The fourth-order valence-corrected chi connectivity index (χ4v) is 4.47. The summed E-state index contributed by atoms with van der Waals surface area (Å²) in [5.74, 6) is -2.30. The van der Waals surface area contributed by atoms with E-state index < -0.39 is 17.7 Å². The van der Waals surface area contributed by atoms with Crippen LogP contribution in [0.4, 0.5) is 0 Å². The average molecular weight is 422 g/mol. The number of fused-ring (bicyclic) bond motifs is 1. The van der Waals surface area contributed by atoms with Crippen molar-refractivity contribution in [3.63, 3.8) is 0 Å². The molecule has 2 aliphatic rings. The number of hydrogen-bond donors (Lipinski definition) is 0. The Bertz CT molecular complexity index is 1160. The highest BCUT2D eigenvalue weighted by atomic mass is 35.5. The summed E-state index contributed by atoms with van der Waals surface area (Å²) >= 11 is 6.34. The molecule has 2 heterocycles. The van der Waals surface area contributed by atoms with Crippen molar-refractivity contribution < 1.29 is 19.1 Å².